The number of thiazole rings is 1. The lowest BCUT2D eigenvalue weighted by Crippen LogP contribution is -2.39. The Morgan fingerprint density at radius 1 is 1.23 bits per heavy atom. The number of aryl methyl sites for hydroxylation is 1. The van der Waals surface area contributed by atoms with Gasteiger partial charge in [0.15, 0.2) is 10.6 Å². The number of phenols is 2. The lowest BCUT2D eigenvalue weighted by molar-refractivity contribution is -0.385. The zero-order valence-electron chi connectivity index (χ0n) is 19.0. The zero-order chi connectivity index (χ0) is 25.4. The lowest BCUT2D eigenvalue weighted by Gasteiger charge is -2.24. The minimum atomic E-state index is -0.796. The summed E-state index contributed by atoms with van der Waals surface area (Å²) >= 11 is 1.01. The van der Waals surface area contributed by atoms with Crippen LogP contribution in [-0.2, 0) is 9.53 Å². The van der Waals surface area contributed by atoms with E-state index in [9.17, 15) is 29.9 Å². The van der Waals surface area contributed by atoms with Gasteiger partial charge in [-0.1, -0.05) is 41.2 Å². The van der Waals surface area contributed by atoms with Crippen molar-refractivity contribution in [2.75, 3.05) is 6.61 Å². The van der Waals surface area contributed by atoms with Crippen molar-refractivity contribution in [3.05, 3.63) is 94.2 Å². The normalized spacial score (nSPS) is 15.5. The number of aromatic nitrogens is 1. The monoisotopic (exact) mass is 495 g/mol. The van der Waals surface area contributed by atoms with Gasteiger partial charge in [-0.05, 0) is 32.4 Å². The fraction of sp³-hybridized carbons (Fsp3) is 0.208. The number of hydrogen-bond acceptors (Lipinski definition) is 9. The number of esters is 1. The summed E-state index contributed by atoms with van der Waals surface area (Å²) in [6.07, 6.45) is 1.29. The quantitative estimate of drug-likeness (QED) is 0.314. The number of aromatic hydroxyl groups is 2. The standard InChI is InChI=1S/C24H21N3O7S/c1-4-34-23(31)20-13(3)25-24-26(21(20)14-7-5-12(2)6-8-14)22(30)19(35-24)10-15-9-16(27(32)33)18(29)11-17(15)28/h5-11,21,28-29H,4H2,1-3H3/b19-10+/t21-/m1/s1. The maximum absolute atomic E-state index is 13.5. The molecule has 11 heteroatoms. The van der Waals surface area contributed by atoms with Crippen molar-refractivity contribution >= 4 is 29.1 Å². The number of hydrogen-bond donors (Lipinski definition) is 2. The van der Waals surface area contributed by atoms with Gasteiger partial charge in [-0.25, -0.2) is 9.79 Å². The predicted molar refractivity (Wildman–Crippen MR) is 128 cm³/mol. The van der Waals surface area contributed by atoms with Crippen LogP contribution in [0.3, 0.4) is 0 Å². The number of carbonyl (C=O) groups is 1. The molecule has 0 amide bonds. The van der Waals surface area contributed by atoms with E-state index in [4.69, 9.17) is 4.74 Å². The molecule has 4 rings (SSSR count). The number of benzene rings is 2. The molecule has 1 aliphatic heterocycles. The highest BCUT2D eigenvalue weighted by Crippen LogP contribution is 2.34. The van der Waals surface area contributed by atoms with Crippen LogP contribution in [-0.4, -0.2) is 32.3 Å². The second-order valence-corrected chi connectivity index (χ2v) is 8.88. The van der Waals surface area contributed by atoms with Gasteiger partial charge in [0.1, 0.15) is 5.75 Å². The third-order valence-electron chi connectivity index (χ3n) is 5.52. The van der Waals surface area contributed by atoms with E-state index in [0.717, 1.165) is 29.0 Å². The van der Waals surface area contributed by atoms with Gasteiger partial charge in [-0.2, -0.15) is 0 Å². The lowest BCUT2D eigenvalue weighted by atomic mass is 9.95. The number of nitrogens with zero attached hydrogens (tertiary/aromatic N) is 3. The number of ether oxygens (including phenoxy) is 1. The third-order valence-corrected chi connectivity index (χ3v) is 6.50. The van der Waals surface area contributed by atoms with E-state index in [0.29, 0.717) is 16.1 Å². The van der Waals surface area contributed by atoms with Crippen LogP contribution >= 0.6 is 11.3 Å². The molecule has 3 aromatic rings. The Labute approximate surface area is 202 Å². The van der Waals surface area contributed by atoms with E-state index < -0.39 is 39.7 Å². The van der Waals surface area contributed by atoms with Crippen molar-refractivity contribution in [2.45, 2.75) is 26.8 Å². The molecule has 0 saturated heterocycles. The zero-order valence-corrected chi connectivity index (χ0v) is 19.8. The molecule has 1 aromatic heterocycles. The molecule has 0 fully saturated rings. The second kappa shape index (κ2) is 9.18. The Morgan fingerprint density at radius 2 is 1.91 bits per heavy atom. The van der Waals surface area contributed by atoms with Crippen molar-refractivity contribution in [1.82, 2.24) is 4.57 Å². The molecule has 0 unspecified atom stereocenters. The number of carbonyl (C=O) groups excluding carboxylic acids is 1. The Morgan fingerprint density at radius 3 is 2.54 bits per heavy atom. The molecule has 1 atom stereocenters. The highest BCUT2D eigenvalue weighted by molar-refractivity contribution is 7.07. The number of nitro benzene ring substituents is 1. The number of allylic oxidation sites excluding steroid dienone is 1. The van der Waals surface area contributed by atoms with Crippen molar-refractivity contribution in [3.8, 4) is 11.5 Å². The molecular formula is C24H21N3O7S. The highest BCUT2D eigenvalue weighted by Gasteiger charge is 2.33. The maximum atomic E-state index is 13.5. The summed E-state index contributed by atoms with van der Waals surface area (Å²) in [5.74, 6) is -1.71. The van der Waals surface area contributed by atoms with E-state index in [2.05, 4.69) is 4.99 Å². The molecule has 2 aromatic carbocycles. The van der Waals surface area contributed by atoms with Gasteiger partial charge >= 0.3 is 11.7 Å². The van der Waals surface area contributed by atoms with Crippen molar-refractivity contribution < 1.29 is 24.7 Å². The summed E-state index contributed by atoms with van der Waals surface area (Å²) in [5.41, 5.74) is 1.20. The molecule has 2 N–H and O–H groups in total. The van der Waals surface area contributed by atoms with E-state index in [1.807, 2.05) is 31.2 Å². The third kappa shape index (κ3) is 4.33. The van der Waals surface area contributed by atoms with Gasteiger partial charge in [-0.15, -0.1) is 0 Å². The molecular weight excluding hydrogens is 474 g/mol. The first-order valence-corrected chi connectivity index (χ1v) is 11.4. The van der Waals surface area contributed by atoms with Crippen LogP contribution in [0.25, 0.3) is 6.08 Å². The SMILES string of the molecule is CCOC(=O)C1=C(C)N=c2s/c(=C/c3cc([N+](=O)[O-])c(O)cc3O)c(=O)n2[C@@H]1c1ccc(C)cc1. The topological polar surface area (TPSA) is 144 Å². The van der Waals surface area contributed by atoms with Crippen molar-refractivity contribution in [3.63, 3.8) is 0 Å². The summed E-state index contributed by atoms with van der Waals surface area (Å²) in [7, 11) is 0. The van der Waals surface area contributed by atoms with Gasteiger partial charge in [0.2, 0.25) is 0 Å². The molecule has 1 aliphatic rings. The fourth-order valence-corrected chi connectivity index (χ4v) is 4.88. The summed E-state index contributed by atoms with van der Waals surface area (Å²) in [4.78, 5) is 41.6. The summed E-state index contributed by atoms with van der Waals surface area (Å²) < 4.78 is 6.76. The van der Waals surface area contributed by atoms with Crippen LogP contribution in [0.1, 0.15) is 36.6 Å². The Bertz CT molecular complexity index is 1570. The van der Waals surface area contributed by atoms with Crippen LogP contribution in [0.15, 0.2) is 57.5 Å². The summed E-state index contributed by atoms with van der Waals surface area (Å²) in [5, 5.41) is 31.1. The molecule has 10 nitrogen and oxygen atoms in total. The summed E-state index contributed by atoms with van der Waals surface area (Å²) in [6.45, 7) is 5.43. The largest absolute Gasteiger partial charge is 0.507 e. The minimum Gasteiger partial charge on any atom is -0.507 e. The van der Waals surface area contributed by atoms with E-state index in [-0.39, 0.29) is 22.3 Å². The number of fused-ring (bicyclic) bond motifs is 1. The van der Waals surface area contributed by atoms with Gasteiger partial charge in [0, 0.05) is 17.7 Å². The molecule has 0 bridgehead atoms. The van der Waals surface area contributed by atoms with E-state index in [1.54, 1.807) is 13.8 Å². The molecule has 0 spiro atoms. The van der Waals surface area contributed by atoms with Crippen LogP contribution in [0.4, 0.5) is 5.69 Å². The fourth-order valence-electron chi connectivity index (χ4n) is 3.84. The first kappa shape index (κ1) is 23.9. The minimum absolute atomic E-state index is 0.0204. The predicted octanol–water partition coefficient (Wildman–Crippen LogP) is 2.43. The van der Waals surface area contributed by atoms with Crippen LogP contribution in [0.5, 0.6) is 11.5 Å². The smallest absolute Gasteiger partial charge is 0.338 e. The molecule has 2 heterocycles. The van der Waals surface area contributed by atoms with Gasteiger partial charge in [0.05, 0.1) is 33.4 Å². The van der Waals surface area contributed by atoms with Crippen molar-refractivity contribution in [2.24, 2.45) is 4.99 Å². The van der Waals surface area contributed by atoms with Crippen LogP contribution in [0, 0.1) is 17.0 Å². The number of nitro groups is 1. The van der Waals surface area contributed by atoms with Crippen LogP contribution < -0.4 is 14.9 Å². The van der Waals surface area contributed by atoms with E-state index in [1.165, 1.54) is 10.6 Å². The first-order chi connectivity index (χ1) is 16.6. The average molecular weight is 496 g/mol. The molecule has 0 saturated carbocycles. The Balaban J connectivity index is 1.97. The van der Waals surface area contributed by atoms with Gasteiger partial charge in [-0.3, -0.25) is 19.5 Å². The average Bonchev–Trinajstić information content (AvgIpc) is 3.09. The van der Waals surface area contributed by atoms with E-state index >= 15 is 0 Å². The van der Waals surface area contributed by atoms with Gasteiger partial charge in [0.25, 0.3) is 5.56 Å². The maximum Gasteiger partial charge on any atom is 0.338 e. The highest BCUT2D eigenvalue weighted by atomic mass is 32.1. The Kier molecular flexibility index (Phi) is 6.27. The molecule has 35 heavy (non-hydrogen) atoms. The molecule has 0 aliphatic carbocycles. The number of rotatable bonds is 5. The second-order valence-electron chi connectivity index (χ2n) is 7.87. The van der Waals surface area contributed by atoms with Crippen molar-refractivity contribution in [1.29, 1.82) is 0 Å². The Hall–Kier alpha value is -4.25. The van der Waals surface area contributed by atoms with Crippen LogP contribution in [0.2, 0.25) is 0 Å². The van der Waals surface area contributed by atoms with Gasteiger partial charge < -0.3 is 14.9 Å². The first-order valence-electron chi connectivity index (χ1n) is 10.6. The summed E-state index contributed by atoms with van der Waals surface area (Å²) in [6, 6.07) is 8.42. The number of phenolic OH excluding ortho intramolecular Hbond substituents is 2. The molecule has 0 radical (unpaired) electrons. The molecule has 180 valence electrons.